The van der Waals surface area contributed by atoms with Gasteiger partial charge in [-0.3, -0.25) is 4.79 Å². The smallest absolute Gasteiger partial charge is 0.240 e. The third-order valence-electron chi connectivity index (χ3n) is 2.41. The van der Waals surface area contributed by atoms with Gasteiger partial charge in [-0.1, -0.05) is 13.0 Å². The first-order chi connectivity index (χ1) is 7.42. The van der Waals surface area contributed by atoms with E-state index in [1.165, 1.54) is 19.2 Å². The summed E-state index contributed by atoms with van der Waals surface area (Å²) in [6.07, 6.45) is 0.365. The average molecular weight is 241 g/mol. The molecule has 5 heteroatoms. The third kappa shape index (κ3) is 2.48. The molecule has 0 amide bonds. The van der Waals surface area contributed by atoms with Crippen LogP contribution in [0.25, 0.3) is 0 Å². The number of aryl methyl sites for hydroxylation is 1. The Morgan fingerprint density at radius 3 is 2.50 bits per heavy atom. The van der Waals surface area contributed by atoms with Crippen molar-refractivity contribution in [3.05, 3.63) is 29.3 Å². The topological polar surface area (TPSA) is 63.2 Å². The lowest BCUT2D eigenvalue weighted by molar-refractivity contribution is 0.0987. The predicted octanol–water partition coefficient (Wildman–Crippen LogP) is 1.50. The summed E-state index contributed by atoms with van der Waals surface area (Å²) in [6.45, 7) is 3.54. The molecule has 0 saturated carbocycles. The first kappa shape index (κ1) is 12.9. The summed E-state index contributed by atoms with van der Waals surface area (Å²) in [7, 11) is -2.14. The number of hydrogen-bond donors (Lipinski definition) is 1. The highest BCUT2D eigenvalue weighted by atomic mass is 32.2. The van der Waals surface area contributed by atoms with Gasteiger partial charge in [-0.2, -0.15) is 0 Å². The number of Topliss-reactive ketones (excluding diaryl/α,β-unsaturated/α-hetero) is 1. The van der Waals surface area contributed by atoms with Crippen LogP contribution in [-0.4, -0.2) is 21.2 Å². The molecule has 1 aromatic rings. The summed E-state index contributed by atoms with van der Waals surface area (Å²) >= 11 is 0. The van der Waals surface area contributed by atoms with Gasteiger partial charge in [-0.25, -0.2) is 13.1 Å². The number of carbonyl (C=O) groups excluding carboxylic acids is 1. The minimum atomic E-state index is -3.48. The molecule has 0 radical (unpaired) electrons. The number of rotatable bonds is 4. The minimum Gasteiger partial charge on any atom is -0.294 e. The standard InChI is InChI=1S/C11H15NO3S/c1-4-11(13)10-7-9(6-5-8(10)2)16(14,15)12-3/h5-7,12H,4H2,1-3H3. The van der Waals surface area contributed by atoms with Gasteiger partial charge >= 0.3 is 0 Å². The second kappa shape index (κ2) is 4.76. The van der Waals surface area contributed by atoms with E-state index < -0.39 is 10.0 Å². The van der Waals surface area contributed by atoms with Gasteiger partial charge in [0, 0.05) is 12.0 Å². The number of carbonyl (C=O) groups is 1. The molecule has 0 aliphatic rings. The largest absolute Gasteiger partial charge is 0.294 e. The lowest BCUT2D eigenvalue weighted by Gasteiger charge is -2.07. The van der Waals surface area contributed by atoms with Crippen LogP contribution in [-0.2, 0) is 10.0 Å². The SMILES string of the molecule is CCC(=O)c1cc(S(=O)(=O)NC)ccc1C. The van der Waals surface area contributed by atoms with Crippen LogP contribution in [0.3, 0.4) is 0 Å². The van der Waals surface area contributed by atoms with Crippen molar-refractivity contribution < 1.29 is 13.2 Å². The summed E-state index contributed by atoms with van der Waals surface area (Å²) in [5.74, 6) is -0.0503. The Morgan fingerprint density at radius 2 is 2.00 bits per heavy atom. The van der Waals surface area contributed by atoms with Crippen molar-refractivity contribution in [2.75, 3.05) is 7.05 Å². The Balaban J connectivity index is 3.34. The Morgan fingerprint density at radius 1 is 1.38 bits per heavy atom. The third-order valence-corrected chi connectivity index (χ3v) is 3.82. The fraction of sp³-hybridized carbons (Fsp3) is 0.364. The van der Waals surface area contributed by atoms with Crippen molar-refractivity contribution in [3.8, 4) is 0 Å². The van der Waals surface area contributed by atoms with Gasteiger partial charge in [0.1, 0.15) is 0 Å². The molecule has 0 unspecified atom stereocenters. The maximum atomic E-state index is 11.6. The number of benzene rings is 1. The van der Waals surface area contributed by atoms with E-state index in [-0.39, 0.29) is 10.7 Å². The van der Waals surface area contributed by atoms with Crippen LogP contribution in [0, 0.1) is 6.92 Å². The zero-order chi connectivity index (χ0) is 12.3. The van der Waals surface area contributed by atoms with Crippen LogP contribution in [0.2, 0.25) is 0 Å². The molecular weight excluding hydrogens is 226 g/mol. The minimum absolute atomic E-state index is 0.0503. The van der Waals surface area contributed by atoms with Crippen molar-refractivity contribution in [2.24, 2.45) is 0 Å². The van der Waals surface area contributed by atoms with Gasteiger partial charge in [0.25, 0.3) is 0 Å². The van der Waals surface area contributed by atoms with E-state index >= 15 is 0 Å². The predicted molar refractivity (Wildman–Crippen MR) is 62.0 cm³/mol. The van der Waals surface area contributed by atoms with Crippen molar-refractivity contribution in [1.29, 1.82) is 0 Å². The van der Waals surface area contributed by atoms with Crippen LogP contribution in [0.15, 0.2) is 23.1 Å². The van der Waals surface area contributed by atoms with Crippen molar-refractivity contribution in [3.63, 3.8) is 0 Å². The Kier molecular flexibility index (Phi) is 3.83. The molecule has 1 rings (SSSR count). The first-order valence-corrected chi connectivity index (χ1v) is 6.48. The van der Waals surface area contributed by atoms with E-state index in [9.17, 15) is 13.2 Å². The normalized spacial score (nSPS) is 11.4. The lowest BCUT2D eigenvalue weighted by atomic mass is 10.0. The zero-order valence-corrected chi connectivity index (χ0v) is 10.4. The molecule has 0 bridgehead atoms. The van der Waals surface area contributed by atoms with Gasteiger partial charge in [-0.15, -0.1) is 0 Å². The van der Waals surface area contributed by atoms with Gasteiger partial charge in [0.15, 0.2) is 5.78 Å². The fourth-order valence-corrected chi connectivity index (χ4v) is 2.13. The van der Waals surface area contributed by atoms with Crippen molar-refractivity contribution in [2.45, 2.75) is 25.2 Å². The molecule has 0 saturated heterocycles. The van der Waals surface area contributed by atoms with Crippen molar-refractivity contribution in [1.82, 2.24) is 4.72 Å². The van der Waals surface area contributed by atoms with Crippen molar-refractivity contribution >= 4 is 15.8 Å². The van der Waals surface area contributed by atoms with E-state index in [0.29, 0.717) is 12.0 Å². The Hall–Kier alpha value is -1.20. The molecule has 0 aliphatic carbocycles. The molecule has 88 valence electrons. The molecule has 0 heterocycles. The van der Waals surface area contributed by atoms with Gasteiger partial charge < -0.3 is 0 Å². The van der Waals surface area contributed by atoms with Gasteiger partial charge in [0.2, 0.25) is 10.0 Å². The summed E-state index contributed by atoms with van der Waals surface area (Å²) in [5, 5.41) is 0. The molecular formula is C11H15NO3S. The van der Waals surface area contributed by atoms with E-state index in [0.717, 1.165) is 5.56 Å². The second-order valence-electron chi connectivity index (χ2n) is 3.46. The second-order valence-corrected chi connectivity index (χ2v) is 5.35. The van der Waals surface area contributed by atoms with E-state index in [4.69, 9.17) is 0 Å². The van der Waals surface area contributed by atoms with Gasteiger partial charge in [-0.05, 0) is 31.7 Å². The summed E-state index contributed by atoms with van der Waals surface area (Å²) in [4.78, 5) is 11.7. The van der Waals surface area contributed by atoms with Crippen LogP contribution in [0.1, 0.15) is 29.3 Å². The Labute approximate surface area is 95.7 Å². The summed E-state index contributed by atoms with van der Waals surface area (Å²) in [6, 6.07) is 4.56. The number of ketones is 1. The molecule has 4 nitrogen and oxygen atoms in total. The monoisotopic (exact) mass is 241 g/mol. The maximum absolute atomic E-state index is 11.6. The highest BCUT2D eigenvalue weighted by Crippen LogP contribution is 2.16. The molecule has 1 aromatic carbocycles. The fourth-order valence-electron chi connectivity index (χ4n) is 1.38. The van der Waals surface area contributed by atoms with Crippen LogP contribution >= 0.6 is 0 Å². The van der Waals surface area contributed by atoms with E-state index in [1.54, 1.807) is 19.9 Å². The summed E-state index contributed by atoms with van der Waals surface area (Å²) in [5.41, 5.74) is 1.26. The van der Waals surface area contributed by atoms with Gasteiger partial charge in [0.05, 0.1) is 4.90 Å². The molecule has 0 atom stereocenters. The highest BCUT2D eigenvalue weighted by Gasteiger charge is 2.15. The maximum Gasteiger partial charge on any atom is 0.240 e. The molecule has 1 N–H and O–H groups in total. The average Bonchev–Trinajstić information content (AvgIpc) is 2.28. The molecule has 0 aliphatic heterocycles. The van der Waals surface area contributed by atoms with E-state index in [2.05, 4.69) is 4.72 Å². The zero-order valence-electron chi connectivity index (χ0n) is 9.57. The first-order valence-electron chi connectivity index (χ1n) is 4.99. The Bertz CT molecular complexity index is 506. The molecule has 0 spiro atoms. The quantitative estimate of drug-likeness (QED) is 0.812. The van der Waals surface area contributed by atoms with Crippen LogP contribution in [0.5, 0.6) is 0 Å². The summed E-state index contributed by atoms with van der Waals surface area (Å²) < 4.78 is 25.3. The number of hydrogen-bond acceptors (Lipinski definition) is 3. The number of sulfonamides is 1. The lowest BCUT2D eigenvalue weighted by Crippen LogP contribution is -2.19. The highest BCUT2D eigenvalue weighted by molar-refractivity contribution is 7.89. The number of nitrogens with one attached hydrogen (secondary N) is 1. The molecule has 16 heavy (non-hydrogen) atoms. The van der Waals surface area contributed by atoms with Crippen LogP contribution < -0.4 is 4.72 Å². The molecule has 0 fully saturated rings. The molecule has 0 aromatic heterocycles. The van der Waals surface area contributed by atoms with E-state index in [1.807, 2.05) is 0 Å². The van der Waals surface area contributed by atoms with Crippen LogP contribution in [0.4, 0.5) is 0 Å².